The highest BCUT2D eigenvalue weighted by molar-refractivity contribution is 7.92. The summed E-state index contributed by atoms with van der Waals surface area (Å²) >= 11 is 0. The smallest absolute Gasteiger partial charge is 0.269 e. The van der Waals surface area contributed by atoms with Crippen molar-refractivity contribution in [1.82, 2.24) is 4.90 Å². The zero-order valence-electron chi connectivity index (χ0n) is 17.2. The van der Waals surface area contributed by atoms with E-state index in [1.54, 1.807) is 13.0 Å². The lowest BCUT2D eigenvalue weighted by Gasteiger charge is -2.25. The van der Waals surface area contributed by atoms with Crippen molar-refractivity contribution in [2.45, 2.75) is 17.9 Å². The highest BCUT2D eigenvalue weighted by atomic mass is 32.2. The lowest BCUT2D eigenvalue weighted by molar-refractivity contribution is -0.384. The van der Waals surface area contributed by atoms with Crippen LogP contribution in [-0.4, -0.2) is 31.2 Å². The fraction of sp³-hybridized carbons (Fsp3) is 0.136. The van der Waals surface area contributed by atoms with Crippen LogP contribution in [0.15, 0.2) is 77.7 Å². The first-order valence-electron chi connectivity index (χ1n) is 9.49. The topological polar surface area (TPSA) is 110 Å². The third kappa shape index (κ3) is 4.92. The van der Waals surface area contributed by atoms with Crippen LogP contribution in [0.4, 0.5) is 15.8 Å². The Hall–Kier alpha value is -3.79. The van der Waals surface area contributed by atoms with Gasteiger partial charge in [-0.05, 0) is 42.8 Å². The van der Waals surface area contributed by atoms with E-state index in [9.17, 15) is 27.7 Å². The van der Waals surface area contributed by atoms with E-state index in [1.165, 1.54) is 72.6 Å². The van der Waals surface area contributed by atoms with Gasteiger partial charge < -0.3 is 4.90 Å². The Morgan fingerprint density at radius 2 is 1.75 bits per heavy atom. The van der Waals surface area contributed by atoms with Gasteiger partial charge in [0.05, 0.1) is 21.5 Å². The fourth-order valence-corrected chi connectivity index (χ4v) is 4.16. The molecule has 1 unspecified atom stereocenters. The summed E-state index contributed by atoms with van der Waals surface area (Å²) in [6.45, 7) is 1.71. The molecule has 1 amide bonds. The second-order valence-electron chi connectivity index (χ2n) is 7.06. The number of nitrogens with one attached hydrogen (secondary N) is 1. The summed E-state index contributed by atoms with van der Waals surface area (Å²) in [4.78, 5) is 24.6. The number of non-ortho nitro benzene ring substituents is 1. The largest absolute Gasteiger partial charge is 0.335 e. The van der Waals surface area contributed by atoms with Crippen molar-refractivity contribution in [2.75, 3.05) is 11.8 Å². The van der Waals surface area contributed by atoms with E-state index in [0.717, 1.165) is 6.07 Å². The van der Waals surface area contributed by atoms with E-state index in [0.29, 0.717) is 5.56 Å². The average Bonchev–Trinajstić information content (AvgIpc) is 2.79. The molecule has 0 aliphatic rings. The van der Waals surface area contributed by atoms with Gasteiger partial charge in [-0.25, -0.2) is 12.8 Å². The normalized spacial score (nSPS) is 12.1. The summed E-state index contributed by atoms with van der Waals surface area (Å²) in [6.07, 6.45) is 0. The van der Waals surface area contributed by atoms with Crippen LogP contribution < -0.4 is 4.72 Å². The van der Waals surface area contributed by atoms with Crippen LogP contribution in [0.25, 0.3) is 0 Å². The molecule has 0 aliphatic heterocycles. The van der Waals surface area contributed by atoms with Crippen LogP contribution in [0, 0.1) is 15.9 Å². The van der Waals surface area contributed by atoms with Gasteiger partial charge in [0.25, 0.3) is 21.6 Å². The molecule has 0 aromatic heterocycles. The molecule has 1 N–H and O–H groups in total. The zero-order valence-corrected chi connectivity index (χ0v) is 18.0. The number of amides is 1. The number of benzene rings is 3. The van der Waals surface area contributed by atoms with Gasteiger partial charge >= 0.3 is 0 Å². The second-order valence-corrected chi connectivity index (χ2v) is 8.74. The molecule has 1 atom stereocenters. The summed E-state index contributed by atoms with van der Waals surface area (Å²) in [7, 11) is -2.62. The number of hydrogen-bond acceptors (Lipinski definition) is 5. The molecule has 166 valence electrons. The maximum Gasteiger partial charge on any atom is 0.269 e. The summed E-state index contributed by atoms with van der Waals surface area (Å²) in [6, 6.07) is 16.1. The van der Waals surface area contributed by atoms with Crippen molar-refractivity contribution in [3.63, 3.8) is 0 Å². The molecule has 8 nitrogen and oxygen atoms in total. The number of nitro groups is 1. The van der Waals surface area contributed by atoms with E-state index in [4.69, 9.17) is 0 Å². The first-order valence-corrected chi connectivity index (χ1v) is 11.0. The minimum atomic E-state index is -4.14. The first kappa shape index (κ1) is 22.9. The monoisotopic (exact) mass is 457 g/mol. The number of nitro benzene ring substituents is 1. The van der Waals surface area contributed by atoms with Crippen LogP contribution in [-0.2, 0) is 10.0 Å². The number of nitrogens with zero attached hydrogens (tertiary/aromatic N) is 2. The Bertz CT molecular complexity index is 1280. The standard InChI is InChI=1S/C22H20FN3O5S/c1-15(16-7-5-9-18(13-16)26(28)29)25(2)22(27)17-8-6-10-19(14-17)32(30,31)24-21-12-4-3-11-20(21)23/h3-15,24H,1-2H3. The summed E-state index contributed by atoms with van der Waals surface area (Å²) in [5.41, 5.74) is 0.351. The number of rotatable bonds is 7. The Labute approximate surface area is 184 Å². The minimum absolute atomic E-state index is 0.0949. The fourth-order valence-electron chi connectivity index (χ4n) is 3.05. The number of hydrogen-bond donors (Lipinski definition) is 1. The van der Waals surface area contributed by atoms with Gasteiger partial charge in [-0.15, -0.1) is 0 Å². The molecule has 0 heterocycles. The van der Waals surface area contributed by atoms with Gasteiger partial charge in [-0.3, -0.25) is 19.6 Å². The molecule has 0 radical (unpaired) electrons. The Balaban J connectivity index is 1.85. The average molecular weight is 457 g/mol. The van der Waals surface area contributed by atoms with E-state index in [1.807, 2.05) is 0 Å². The number of carbonyl (C=O) groups is 1. The van der Waals surface area contributed by atoms with E-state index in [2.05, 4.69) is 4.72 Å². The van der Waals surface area contributed by atoms with Crippen LogP contribution >= 0.6 is 0 Å². The molecule has 0 aliphatic carbocycles. The van der Waals surface area contributed by atoms with Gasteiger partial charge in [-0.2, -0.15) is 0 Å². The lowest BCUT2D eigenvalue weighted by atomic mass is 10.1. The molecule has 0 saturated carbocycles. The van der Waals surface area contributed by atoms with Crippen LogP contribution in [0.1, 0.15) is 28.9 Å². The Kier molecular flexibility index (Phi) is 6.54. The molecule has 0 saturated heterocycles. The molecule has 0 fully saturated rings. The lowest BCUT2D eigenvalue weighted by Crippen LogP contribution is -2.30. The maximum atomic E-state index is 13.8. The molecule has 10 heteroatoms. The van der Waals surface area contributed by atoms with Crippen molar-refractivity contribution in [3.05, 3.63) is 99.9 Å². The zero-order chi connectivity index (χ0) is 23.5. The van der Waals surface area contributed by atoms with Gasteiger partial charge in [0.1, 0.15) is 5.82 Å². The van der Waals surface area contributed by atoms with Gasteiger partial charge in [-0.1, -0.05) is 30.3 Å². The Morgan fingerprint density at radius 1 is 1.06 bits per heavy atom. The second kappa shape index (κ2) is 9.15. The first-order chi connectivity index (χ1) is 15.1. The third-order valence-corrected chi connectivity index (χ3v) is 6.34. The predicted molar refractivity (Wildman–Crippen MR) is 117 cm³/mol. The van der Waals surface area contributed by atoms with Crippen molar-refractivity contribution in [1.29, 1.82) is 0 Å². The van der Waals surface area contributed by atoms with Crippen molar-refractivity contribution < 1.29 is 22.5 Å². The summed E-state index contributed by atoms with van der Waals surface area (Å²) < 4.78 is 41.4. The molecule has 3 aromatic carbocycles. The van der Waals surface area contributed by atoms with Gasteiger partial charge in [0.2, 0.25) is 0 Å². The van der Waals surface area contributed by atoms with Crippen molar-refractivity contribution in [2.24, 2.45) is 0 Å². The van der Waals surface area contributed by atoms with Crippen LogP contribution in [0.2, 0.25) is 0 Å². The van der Waals surface area contributed by atoms with E-state index >= 15 is 0 Å². The Morgan fingerprint density at radius 3 is 2.44 bits per heavy atom. The number of anilines is 1. The van der Waals surface area contributed by atoms with Crippen LogP contribution in [0.3, 0.4) is 0 Å². The highest BCUT2D eigenvalue weighted by Gasteiger charge is 2.23. The molecular formula is C22H20FN3O5S. The molecule has 0 bridgehead atoms. The van der Waals surface area contributed by atoms with Crippen molar-refractivity contribution >= 4 is 27.3 Å². The van der Waals surface area contributed by atoms with Gasteiger partial charge in [0.15, 0.2) is 0 Å². The van der Waals surface area contributed by atoms with Gasteiger partial charge in [0, 0.05) is 24.7 Å². The highest BCUT2D eigenvalue weighted by Crippen LogP contribution is 2.25. The SMILES string of the molecule is CC(c1cccc([N+](=O)[O-])c1)N(C)C(=O)c1cccc(S(=O)(=O)Nc2ccccc2F)c1. The summed E-state index contributed by atoms with van der Waals surface area (Å²) in [5.74, 6) is -1.21. The number of halogens is 1. The molecule has 0 spiro atoms. The van der Waals surface area contributed by atoms with E-state index < -0.39 is 32.7 Å². The maximum absolute atomic E-state index is 13.8. The molecular weight excluding hydrogens is 437 g/mol. The number of sulfonamides is 1. The molecule has 32 heavy (non-hydrogen) atoms. The number of para-hydroxylation sites is 1. The quantitative estimate of drug-likeness (QED) is 0.419. The minimum Gasteiger partial charge on any atom is -0.335 e. The molecule has 3 aromatic rings. The van der Waals surface area contributed by atoms with Crippen LogP contribution in [0.5, 0.6) is 0 Å². The number of carbonyl (C=O) groups excluding carboxylic acids is 1. The van der Waals surface area contributed by atoms with Crippen molar-refractivity contribution in [3.8, 4) is 0 Å². The summed E-state index contributed by atoms with van der Waals surface area (Å²) in [5, 5.41) is 11.0. The molecule has 3 rings (SSSR count). The van der Waals surface area contributed by atoms with E-state index in [-0.39, 0.29) is 21.8 Å². The predicted octanol–water partition coefficient (Wildman–Crippen LogP) is 4.37. The third-order valence-electron chi connectivity index (χ3n) is 4.97.